The Morgan fingerprint density at radius 3 is 3.03 bits per heavy atom. The average Bonchev–Trinajstić information content (AvgIpc) is 3.50. The van der Waals surface area contributed by atoms with Gasteiger partial charge < -0.3 is 10.2 Å². The van der Waals surface area contributed by atoms with Crippen molar-refractivity contribution in [3.63, 3.8) is 0 Å². The molecule has 4 aromatic rings. The van der Waals surface area contributed by atoms with Gasteiger partial charge in [0, 0.05) is 17.6 Å². The molecule has 2 aliphatic heterocycles. The lowest BCUT2D eigenvalue weighted by atomic mass is 10.1. The summed E-state index contributed by atoms with van der Waals surface area (Å²) in [4.78, 5) is 26.0. The molecule has 0 bridgehead atoms. The molecule has 1 atom stereocenters. The summed E-state index contributed by atoms with van der Waals surface area (Å²) < 4.78 is 14.3. The van der Waals surface area contributed by atoms with Crippen molar-refractivity contribution < 1.29 is 9.18 Å². The van der Waals surface area contributed by atoms with Gasteiger partial charge in [-0.2, -0.15) is 15.3 Å². The Morgan fingerprint density at radius 1 is 1.24 bits per heavy atom. The molecule has 4 heterocycles. The van der Waals surface area contributed by atoms with Gasteiger partial charge in [0.1, 0.15) is 17.2 Å². The average molecular weight is 440 g/mol. The van der Waals surface area contributed by atoms with Crippen LogP contribution in [0.4, 0.5) is 33.2 Å². The third-order valence-corrected chi connectivity index (χ3v) is 6.01. The van der Waals surface area contributed by atoms with Crippen molar-refractivity contribution in [2.75, 3.05) is 21.7 Å². The summed E-state index contributed by atoms with van der Waals surface area (Å²) in [6.07, 6.45) is 4.73. The van der Waals surface area contributed by atoms with Gasteiger partial charge in [-0.25, -0.2) is 9.37 Å². The molecular weight excluding hydrogens is 423 g/mol. The number of carbonyl (C=O) groups excluding carboxylic acids is 1. The van der Waals surface area contributed by atoms with Crippen LogP contribution in [0.2, 0.25) is 0 Å². The highest BCUT2D eigenvalue weighted by atomic mass is 19.1. The highest BCUT2D eigenvalue weighted by Crippen LogP contribution is 2.42. The standard InChI is InChI=1S/C23H17FN8O/c24-17-9-15(8-14-11-27-30-20(14)17)28-23-26-12-19-21(29-23)31-6-2-5-18(31)22(33)32(19)16-4-1-3-13(7-16)10-25/h1,3-4,7-9,11-12,18H,2,5-6H2,(H,27,30)(H,26,28,29). The summed E-state index contributed by atoms with van der Waals surface area (Å²) >= 11 is 0. The molecule has 10 heteroatoms. The molecule has 0 aliphatic carbocycles. The largest absolute Gasteiger partial charge is 0.343 e. The molecule has 1 saturated heterocycles. The van der Waals surface area contributed by atoms with Crippen LogP contribution in [0.25, 0.3) is 10.9 Å². The lowest BCUT2D eigenvalue weighted by Crippen LogP contribution is -2.49. The second kappa shape index (κ2) is 7.27. The molecule has 2 aromatic carbocycles. The van der Waals surface area contributed by atoms with E-state index >= 15 is 0 Å². The molecule has 0 saturated carbocycles. The van der Waals surface area contributed by atoms with Crippen LogP contribution in [0.3, 0.4) is 0 Å². The van der Waals surface area contributed by atoms with Gasteiger partial charge in [0.05, 0.1) is 29.7 Å². The number of nitriles is 1. The van der Waals surface area contributed by atoms with Crippen molar-refractivity contribution in [3.05, 3.63) is 60.2 Å². The summed E-state index contributed by atoms with van der Waals surface area (Å²) in [5.41, 5.74) is 2.44. The minimum Gasteiger partial charge on any atom is -0.343 e. The number of amides is 1. The smallest absolute Gasteiger partial charge is 0.254 e. The molecule has 1 unspecified atom stereocenters. The van der Waals surface area contributed by atoms with Crippen LogP contribution in [0.1, 0.15) is 18.4 Å². The van der Waals surface area contributed by atoms with Gasteiger partial charge in [0.25, 0.3) is 5.91 Å². The number of anilines is 5. The third-order valence-electron chi connectivity index (χ3n) is 6.01. The number of aromatic amines is 1. The molecule has 162 valence electrons. The highest BCUT2D eigenvalue weighted by Gasteiger charge is 2.42. The molecule has 6 rings (SSSR count). The van der Waals surface area contributed by atoms with Crippen molar-refractivity contribution in [1.82, 2.24) is 20.2 Å². The number of benzene rings is 2. The number of nitrogens with zero attached hydrogens (tertiary/aromatic N) is 6. The molecule has 9 nitrogen and oxygen atoms in total. The Hall–Kier alpha value is -4.52. The Labute approximate surface area is 187 Å². The first-order valence-corrected chi connectivity index (χ1v) is 10.5. The van der Waals surface area contributed by atoms with Crippen LogP contribution >= 0.6 is 0 Å². The summed E-state index contributed by atoms with van der Waals surface area (Å²) in [6.45, 7) is 0.710. The van der Waals surface area contributed by atoms with E-state index < -0.39 is 5.82 Å². The predicted octanol–water partition coefficient (Wildman–Crippen LogP) is 3.75. The molecule has 2 aliphatic rings. The quantitative estimate of drug-likeness (QED) is 0.499. The van der Waals surface area contributed by atoms with Crippen molar-refractivity contribution in [1.29, 1.82) is 5.26 Å². The highest BCUT2D eigenvalue weighted by molar-refractivity contribution is 6.10. The van der Waals surface area contributed by atoms with Gasteiger partial charge >= 0.3 is 0 Å². The number of hydrogen-bond donors (Lipinski definition) is 2. The van der Waals surface area contributed by atoms with Crippen molar-refractivity contribution >= 4 is 45.6 Å². The van der Waals surface area contributed by atoms with Crippen LogP contribution in [-0.4, -0.2) is 38.7 Å². The number of fused-ring (bicyclic) bond motifs is 4. The first-order valence-electron chi connectivity index (χ1n) is 10.5. The molecule has 33 heavy (non-hydrogen) atoms. The molecular formula is C23H17FN8O. The van der Waals surface area contributed by atoms with E-state index in [1.807, 2.05) is 4.90 Å². The zero-order chi connectivity index (χ0) is 22.5. The van der Waals surface area contributed by atoms with E-state index in [9.17, 15) is 14.4 Å². The first kappa shape index (κ1) is 19.2. The van der Waals surface area contributed by atoms with Crippen molar-refractivity contribution in [2.24, 2.45) is 0 Å². The second-order valence-electron chi connectivity index (χ2n) is 8.01. The fourth-order valence-corrected chi connectivity index (χ4v) is 4.54. The van der Waals surface area contributed by atoms with E-state index in [0.29, 0.717) is 51.8 Å². The van der Waals surface area contributed by atoms with Gasteiger partial charge in [-0.05, 0) is 43.2 Å². The van der Waals surface area contributed by atoms with Gasteiger partial charge in [-0.1, -0.05) is 6.07 Å². The minimum absolute atomic E-state index is 0.0631. The number of rotatable bonds is 3. The first-order chi connectivity index (χ1) is 16.1. The second-order valence-corrected chi connectivity index (χ2v) is 8.01. The summed E-state index contributed by atoms with van der Waals surface area (Å²) in [7, 11) is 0. The SMILES string of the molecule is N#Cc1cccc(N2C(=O)C3CCCN3c3nc(Nc4cc(F)c5[nH]ncc5c4)ncc32)c1. The van der Waals surface area contributed by atoms with Crippen LogP contribution in [-0.2, 0) is 4.79 Å². The number of nitrogens with one attached hydrogen (secondary N) is 2. The molecule has 1 amide bonds. The summed E-state index contributed by atoms with van der Waals surface area (Å²) in [6, 6.07) is 11.8. The van der Waals surface area contributed by atoms with Crippen LogP contribution in [0.15, 0.2) is 48.8 Å². The molecule has 1 fully saturated rings. The maximum atomic E-state index is 14.3. The number of hydrogen-bond acceptors (Lipinski definition) is 7. The molecule has 2 aromatic heterocycles. The topological polar surface area (TPSA) is 114 Å². The van der Waals surface area contributed by atoms with Gasteiger partial charge in [-0.3, -0.25) is 14.8 Å². The third kappa shape index (κ3) is 3.05. The maximum Gasteiger partial charge on any atom is 0.254 e. The lowest BCUT2D eigenvalue weighted by Gasteiger charge is -2.38. The van der Waals surface area contributed by atoms with Gasteiger partial charge in [0.15, 0.2) is 11.6 Å². The Morgan fingerprint density at radius 2 is 2.15 bits per heavy atom. The molecule has 0 spiro atoms. The normalized spacial score (nSPS) is 17.1. The summed E-state index contributed by atoms with van der Waals surface area (Å²) in [5.74, 6) is 0.426. The van der Waals surface area contributed by atoms with Crippen LogP contribution in [0.5, 0.6) is 0 Å². The number of halogens is 1. The Kier molecular flexibility index (Phi) is 4.23. The van der Waals surface area contributed by atoms with Crippen LogP contribution < -0.4 is 15.1 Å². The van der Waals surface area contributed by atoms with E-state index in [1.54, 1.807) is 47.6 Å². The maximum absolute atomic E-state index is 14.3. The van der Waals surface area contributed by atoms with E-state index in [0.717, 1.165) is 12.8 Å². The monoisotopic (exact) mass is 440 g/mol. The zero-order valence-electron chi connectivity index (χ0n) is 17.3. The van der Waals surface area contributed by atoms with E-state index in [4.69, 9.17) is 4.98 Å². The fourth-order valence-electron chi connectivity index (χ4n) is 4.54. The van der Waals surface area contributed by atoms with Gasteiger partial charge in [0.2, 0.25) is 5.95 Å². The lowest BCUT2D eigenvalue weighted by molar-refractivity contribution is -0.119. The van der Waals surface area contributed by atoms with E-state index in [1.165, 1.54) is 6.07 Å². The molecule has 0 radical (unpaired) electrons. The Balaban J connectivity index is 1.42. The van der Waals surface area contributed by atoms with Gasteiger partial charge in [-0.15, -0.1) is 0 Å². The zero-order valence-corrected chi connectivity index (χ0v) is 17.3. The van der Waals surface area contributed by atoms with Crippen molar-refractivity contribution in [3.8, 4) is 6.07 Å². The van der Waals surface area contributed by atoms with Crippen molar-refractivity contribution in [2.45, 2.75) is 18.9 Å². The van der Waals surface area contributed by atoms with Crippen LogP contribution in [0, 0.1) is 17.1 Å². The fraction of sp³-hybridized carbons (Fsp3) is 0.174. The number of aromatic nitrogens is 4. The Bertz CT molecular complexity index is 1460. The summed E-state index contributed by atoms with van der Waals surface area (Å²) in [5, 5.41) is 19.5. The molecule has 2 N–H and O–H groups in total. The number of carbonyl (C=O) groups is 1. The van der Waals surface area contributed by atoms with E-state index in [-0.39, 0.29) is 11.9 Å². The predicted molar refractivity (Wildman–Crippen MR) is 120 cm³/mol. The number of H-pyrrole nitrogens is 1. The minimum atomic E-state index is -0.431. The van der Waals surface area contributed by atoms with E-state index in [2.05, 4.69) is 26.6 Å².